The summed E-state index contributed by atoms with van der Waals surface area (Å²) in [6, 6.07) is 5.31. The van der Waals surface area contributed by atoms with Gasteiger partial charge in [-0.2, -0.15) is 0 Å². The van der Waals surface area contributed by atoms with E-state index in [-0.39, 0.29) is 12.3 Å². The van der Waals surface area contributed by atoms with Crippen molar-refractivity contribution in [1.82, 2.24) is 0 Å². The zero-order valence-corrected chi connectivity index (χ0v) is 12.5. The summed E-state index contributed by atoms with van der Waals surface area (Å²) in [5.74, 6) is 0.676. The Hall–Kier alpha value is -1.66. The SMILES string of the molecule is COCCN(c1ccc([N+](=O)[O-])c(CO)c1)C(C)C1CC1. The highest BCUT2D eigenvalue weighted by Gasteiger charge is 2.32. The summed E-state index contributed by atoms with van der Waals surface area (Å²) in [6.45, 7) is 3.17. The van der Waals surface area contributed by atoms with Crippen LogP contribution in [0.15, 0.2) is 18.2 Å². The number of anilines is 1. The van der Waals surface area contributed by atoms with Gasteiger partial charge in [0.25, 0.3) is 5.69 Å². The number of ether oxygens (including phenoxy) is 1. The Labute approximate surface area is 124 Å². The minimum atomic E-state index is -0.459. The van der Waals surface area contributed by atoms with Gasteiger partial charge in [-0.3, -0.25) is 10.1 Å². The van der Waals surface area contributed by atoms with E-state index in [2.05, 4.69) is 11.8 Å². The molecule has 6 heteroatoms. The Balaban J connectivity index is 2.27. The van der Waals surface area contributed by atoms with Gasteiger partial charge in [-0.1, -0.05) is 0 Å². The molecule has 1 aliphatic carbocycles. The molecule has 116 valence electrons. The molecule has 1 saturated carbocycles. The van der Waals surface area contributed by atoms with Crippen LogP contribution in [0.3, 0.4) is 0 Å². The average Bonchev–Trinajstić information content (AvgIpc) is 3.31. The number of rotatable bonds is 8. The summed E-state index contributed by atoms with van der Waals surface area (Å²) in [6.07, 6.45) is 2.45. The standard InChI is InChI=1S/C15H22N2O4/c1-11(12-3-4-12)16(7-8-21-2)14-5-6-15(17(19)20)13(9-14)10-18/h5-6,9,11-12,18H,3-4,7-8,10H2,1-2H3. The van der Waals surface area contributed by atoms with Crippen molar-refractivity contribution in [2.75, 3.05) is 25.2 Å². The molecular formula is C15H22N2O4. The summed E-state index contributed by atoms with van der Waals surface area (Å²) in [7, 11) is 1.66. The van der Waals surface area contributed by atoms with Crippen LogP contribution in [0, 0.1) is 16.0 Å². The number of nitro groups is 1. The normalized spacial score (nSPS) is 15.8. The van der Waals surface area contributed by atoms with Crippen molar-refractivity contribution in [3.05, 3.63) is 33.9 Å². The number of hydrogen-bond acceptors (Lipinski definition) is 5. The molecule has 0 amide bonds. The highest BCUT2D eigenvalue weighted by molar-refractivity contribution is 5.56. The Morgan fingerprint density at radius 2 is 2.24 bits per heavy atom. The van der Waals surface area contributed by atoms with Crippen molar-refractivity contribution < 1.29 is 14.8 Å². The summed E-state index contributed by atoms with van der Waals surface area (Å²) in [5, 5.41) is 20.3. The van der Waals surface area contributed by atoms with Crippen LogP contribution in [0.4, 0.5) is 11.4 Å². The van der Waals surface area contributed by atoms with E-state index in [0.29, 0.717) is 24.1 Å². The van der Waals surface area contributed by atoms with Crippen molar-refractivity contribution in [3.63, 3.8) is 0 Å². The zero-order chi connectivity index (χ0) is 15.4. The fourth-order valence-electron chi connectivity index (χ4n) is 2.65. The van der Waals surface area contributed by atoms with Gasteiger partial charge in [0, 0.05) is 31.5 Å². The van der Waals surface area contributed by atoms with E-state index in [4.69, 9.17) is 4.74 Å². The first-order valence-electron chi connectivity index (χ1n) is 7.22. The number of nitrogens with zero attached hydrogens (tertiary/aromatic N) is 2. The molecule has 1 aliphatic rings. The van der Waals surface area contributed by atoms with Gasteiger partial charge in [-0.25, -0.2) is 0 Å². The van der Waals surface area contributed by atoms with Gasteiger partial charge in [0.2, 0.25) is 0 Å². The van der Waals surface area contributed by atoms with Crippen LogP contribution < -0.4 is 4.90 Å². The highest BCUT2D eigenvalue weighted by Crippen LogP contribution is 2.37. The first-order valence-corrected chi connectivity index (χ1v) is 7.22. The molecule has 0 aliphatic heterocycles. The van der Waals surface area contributed by atoms with Crippen LogP contribution in [0.1, 0.15) is 25.3 Å². The van der Waals surface area contributed by atoms with E-state index in [1.165, 1.54) is 18.9 Å². The summed E-state index contributed by atoms with van der Waals surface area (Å²) in [5.41, 5.74) is 1.22. The Morgan fingerprint density at radius 1 is 1.52 bits per heavy atom. The molecular weight excluding hydrogens is 272 g/mol. The summed E-state index contributed by atoms with van der Waals surface area (Å²) >= 11 is 0. The Morgan fingerprint density at radius 3 is 2.76 bits per heavy atom. The number of aliphatic hydroxyl groups is 1. The van der Waals surface area contributed by atoms with E-state index in [9.17, 15) is 15.2 Å². The lowest BCUT2D eigenvalue weighted by Gasteiger charge is -2.31. The maximum Gasteiger partial charge on any atom is 0.275 e. The first-order chi connectivity index (χ1) is 10.1. The van der Waals surface area contributed by atoms with Crippen molar-refractivity contribution in [2.24, 2.45) is 5.92 Å². The van der Waals surface area contributed by atoms with Gasteiger partial charge in [0.05, 0.1) is 23.7 Å². The van der Waals surface area contributed by atoms with E-state index in [0.717, 1.165) is 12.2 Å². The molecule has 1 N–H and O–H groups in total. The van der Waals surface area contributed by atoms with Gasteiger partial charge < -0.3 is 14.7 Å². The molecule has 2 rings (SSSR count). The third-order valence-electron chi connectivity index (χ3n) is 4.09. The maximum atomic E-state index is 10.9. The van der Waals surface area contributed by atoms with Crippen molar-refractivity contribution in [1.29, 1.82) is 0 Å². The third-order valence-corrected chi connectivity index (χ3v) is 4.09. The second kappa shape index (κ2) is 6.87. The van der Waals surface area contributed by atoms with Crippen LogP contribution >= 0.6 is 0 Å². The lowest BCUT2D eigenvalue weighted by Crippen LogP contribution is -2.37. The number of nitro benzene ring substituents is 1. The van der Waals surface area contributed by atoms with Gasteiger partial charge in [-0.15, -0.1) is 0 Å². The van der Waals surface area contributed by atoms with Gasteiger partial charge in [-0.05, 0) is 37.8 Å². The molecule has 0 spiro atoms. The largest absolute Gasteiger partial charge is 0.391 e. The Kier molecular flexibility index (Phi) is 5.14. The molecule has 6 nitrogen and oxygen atoms in total. The molecule has 1 unspecified atom stereocenters. The fourth-order valence-corrected chi connectivity index (χ4v) is 2.65. The number of aliphatic hydroxyl groups excluding tert-OH is 1. The van der Waals surface area contributed by atoms with E-state index in [1.807, 2.05) is 0 Å². The quantitative estimate of drug-likeness (QED) is 0.588. The van der Waals surface area contributed by atoms with Crippen LogP contribution in [0.5, 0.6) is 0 Å². The van der Waals surface area contributed by atoms with Crippen LogP contribution in [-0.2, 0) is 11.3 Å². The topological polar surface area (TPSA) is 75.8 Å². The maximum absolute atomic E-state index is 10.9. The predicted octanol–water partition coefficient (Wildman–Crippen LogP) is 2.34. The molecule has 1 atom stereocenters. The van der Waals surface area contributed by atoms with Gasteiger partial charge in [0.1, 0.15) is 0 Å². The van der Waals surface area contributed by atoms with Crippen molar-refractivity contribution in [3.8, 4) is 0 Å². The molecule has 0 heterocycles. The summed E-state index contributed by atoms with van der Waals surface area (Å²) in [4.78, 5) is 12.7. The van der Waals surface area contributed by atoms with E-state index < -0.39 is 4.92 Å². The molecule has 1 fully saturated rings. The van der Waals surface area contributed by atoms with E-state index in [1.54, 1.807) is 19.2 Å². The lowest BCUT2D eigenvalue weighted by molar-refractivity contribution is -0.385. The minimum absolute atomic E-state index is 0.0352. The summed E-state index contributed by atoms with van der Waals surface area (Å²) < 4.78 is 5.16. The van der Waals surface area contributed by atoms with Crippen LogP contribution in [0.25, 0.3) is 0 Å². The first kappa shape index (κ1) is 15.7. The predicted molar refractivity (Wildman–Crippen MR) is 80.4 cm³/mol. The van der Waals surface area contributed by atoms with Crippen LogP contribution in [-0.4, -0.2) is 36.3 Å². The molecule has 0 saturated heterocycles. The van der Waals surface area contributed by atoms with Crippen molar-refractivity contribution in [2.45, 2.75) is 32.4 Å². The second-order valence-electron chi connectivity index (χ2n) is 5.49. The van der Waals surface area contributed by atoms with Crippen LogP contribution in [0.2, 0.25) is 0 Å². The van der Waals surface area contributed by atoms with Gasteiger partial charge >= 0.3 is 0 Å². The second-order valence-corrected chi connectivity index (χ2v) is 5.49. The monoisotopic (exact) mass is 294 g/mol. The number of hydrogen-bond donors (Lipinski definition) is 1. The average molecular weight is 294 g/mol. The minimum Gasteiger partial charge on any atom is -0.391 e. The van der Waals surface area contributed by atoms with Crippen molar-refractivity contribution >= 4 is 11.4 Å². The zero-order valence-electron chi connectivity index (χ0n) is 12.5. The number of methoxy groups -OCH3 is 1. The lowest BCUT2D eigenvalue weighted by atomic mass is 10.1. The highest BCUT2D eigenvalue weighted by atomic mass is 16.6. The number of benzene rings is 1. The molecule has 0 aromatic heterocycles. The van der Waals surface area contributed by atoms with Gasteiger partial charge in [0.15, 0.2) is 0 Å². The molecule has 1 aromatic carbocycles. The Bertz CT molecular complexity index is 502. The molecule has 0 radical (unpaired) electrons. The smallest absolute Gasteiger partial charge is 0.275 e. The third kappa shape index (κ3) is 3.71. The van der Waals surface area contributed by atoms with E-state index >= 15 is 0 Å². The molecule has 1 aromatic rings. The molecule has 21 heavy (non-hydrogen) atoms. The molecule has 0 bridgehead atoms. The fraction of sp³-hybridized carbons (Fsp3) is 0.600.